The molecule has 1 heterocycles. The lowest BCUT2D eigenvalue weighted by Crippen LogP contribution is -2.16. The predicted octanol–water partition coefficient (Wildman–Crippen LogP) is 2.14. The molecule has 0 radical (unpaired) electrons. The van der Waals surface area contributed by atoms with Crippen LogP contribution in [0.1, 0.15) is 29.5 Å². The second-order valence-corrected chi connectivity index (χ2v) is 4.16. The van der Waals surface area contributed by atoms with Crippen molar-refractivity contribution in [3.63, 3.8) is 0 Å². The van der Waals surface area contributed by atoms with Crippen LogP contribution in [0.2, 0.25) is 0 Å². The lowest BCUT2D eigenvalue weighted by Gasteiger charge is -2.14. The van der Waals surface area contributed by atoms with Gasteiger partial charge >= 0.3 is 0 Å². The van der Waals surface area contributed by atoms with Crippen LogP contribution in [0.4, 0.5) is 0 Å². The van der Waals surface area contributed by atoms with Crippen molar-refractivity contribution in [1.29, 1.82) is 0 Å². The van der Waals surface area contributed by atoms with Gasteiger partial charge in [0.05, 0.1) is 11.2 Å². The zero-order valence-electron chi connectivity index (χ0n) is 9.04. The largest absolute Gasteiger partial charge is 0.385 e. The molecule has 1 aromatic heterocycles. The molecule has 80 valence electrons. The van der Waals surface area contributed by atoms with Gasteiger partial charge in [-0.25, -0.2) is 4.98 Å². The highest BCUT2D eigenvalue weighted by Gasteiger charge is 2.13. The van der Waals surface area contributed by atoms with Crippen LogP contribution in [0.3, 0.4) is 0 Å². The number of nitrogens with zero attached hydrogens (tertiary/aromatic N) is 1. The van der Waals surface area contributed by atoms with Crippen molar-refractivity contribution in [2.24, 2.45) is 0 Å². The van der Waals surface area contributed by atoms with Gasteiger partial charge in [-0.15, -0.1) is 11.3 Å². The molecule has 3 nitrogen and oxygen atoms in total. The van der Waals surface area contributed by atoms with E-state index in [1.165, 1.54) is 4.88 Å². The summed E-state index contributed by atoms with van der Waals surface area (Å²) in [5.41, 5.74) is 3.05. The molecule has 14 heavy (non-hydrogen) atoms. The summed E-state index contributed by atoms with van der Waals surface area (Å²) in [5, 5.41) is 3.32. The highest BCUT2D eigenvalue weighted by Crippen LogP contribution is 2.24. The maximum Gasteiger partial charge on any atom is 0.0798 e. The number of hydrogen-bond donors (Lipinski definition) is 1. The quantitative estimate of drug-likeness (QED) is 0.737. The first-order valence-corrected chi connectivity index (χ1v) is 5.73. The van der Waals surface area contributed by atoms with Crippen LogP contribution in [0.5, 0.6) is 0 Å². The first-order chi connectivity index (χ1) is 6.79. The molecule has 0 spiro atoms. The third kappa shape index (κ3) is 3.04. The van der Waals surface area contributed by atoms with Crippen molar-refractivity contribution in [1.82, 2.24) is 10.3 Å². The van der Waals surface area contributed by atoms with Crippen LogP contribution in [0.15, 0.2) is 5.51 Å². The fourth-order valence-corrected chi connectivity index (χ4v) is 2.43. The second kappa shape index (κ2) is 6.11. The molecule has 0 aromatic carbocycles. The molecule has 0 bridgehead atoms. The molecule has 1 unspecified atom stereocenters. The smallest absolute Gasteiger partial charge is 0.0798 e. The summed E-state index contributed by atoms with van der Waals surface area (Å²) in [6, 6.07) is 0.428. The minimum atomic E-state index is 0.428. The molecule has 0 aliphatic rings. The SMILES string of the molecule is CNC(CCCOC)c1scnc1C. The zero-order valence-corrected chi connectivity index (χ0v) is 9.86. The van der Waals surface area contributed by atoms with Gasteiger partial charge in [0.25, 0.3) is 0 Å². The number of rotatable bonds is 6. The first-order valence-electron chi connectivity index (χ1n) is 4.85. The summed E-state index contributed by atoms with van der Waals surface area (Å²) in [5.74, 6) is 0. The van der Waals surface area contributed by atoms with Crippen molar-refractivity contribution < 1.29 is 4.74 Å². The molecule has 0 fully saturated rings. The zero-order chi connectivity index (χ0) is 10.4. The second-order valence-electron chi connectivity index (χ2n) is 3.28. The number of methoxy groups -OCH3 is 1. The summed E-state index contributed by atoms with van der Waals surface area (Å²) in [6.45, 7) is 2.89. The molecule has 0 amide bonds. The van der Waals surface area contributed by atoms with E-state index in [0.717, 1.165) is 25.1 Å². The average molecular weight is 214 g/mol. The molecule has 0 aliphatic heterocycles. The highest BCUT2D eigenvalue weighted by molar-refractivity contribution is 7.09. The molecule has 0 aliphatic carbocycles. The number of aryl methyl sites for hydroxylation is 1. The van der Waals surface area contributed by atoms with Crippen molar-refractivity contribution >= 4 is 11.3 Å². The van der Waals surface area contributed by atoms with E-state index >= 15 is 0 Å². The Morgan fingerprint density at radius 2 is 2.43 bits per heavy atom. The number of nitrogens with one attached hydrogen (secondary N) is 1. The summed E-state index contributed by atoms with van der Waals surface area (Å²) in [4.78, 5) is 5.61. The predicted molar refractivity (Wildman–Crippen MR) is 59.8 cm³/mol. The van der Waals surface area contributed by atoms with Gasteiger partial charge < -0.3 is 10.1 Å². The third-order valence-electron chi connectivity index (χ3n) is 2.29. The average Bonchev–Trinajstić information content (AvgIpc) is 2.60. The van der Waals surface area contributed by atoms with E-state index in [0.29, 0.717) is 6.04 Å². The van der Waals surface area contributed by atoms with Crippen LogP contribution in [0, 0.1) is 6.92 Å². The van der Waals surface area contributed by atoms with E-state index in [1.807, 2.05) is 12.6 Å². The van der Waals surface area contributed by atoms with E-state index in [2.05, 4.69) is 17.2 Å². The van der Waals surface area contributed by atoms with E-state index in [9.17, 15) is 0 Å². The number of hydrogen-bond acceptors (Lipinski definition) is 4. The van der Waals surface area contributed by atoms with Crippen molar-refractivity contribution in [3.05, 3.63) is 16.1 Å². The maximum atomic E-state index is 5.04. The number of thiazole rings is 1. The highest BCUT2D eigenvalue weighted by atomic mass is 32.1. The number of aromatic nitrogens is 1. The standard InChI is InChI=1S/C10H18N2OS/c1-8-10(14-7-12-8)9(11-2)5-4-6-13-3/h7,9,11H,4-6H2,1-3H3. The van der Waals surface area contributed by atoms with Crippen LogP contribution < -0.4 is 5.32 Å². The Hall–Kier alpha value is -0.450. The Bertz CT molecular complexity index is 262. The minimum Gasteiger partial charge on any atom is -0.385 e. The Morgan fingerprint density at radius 1 is 1.64 bits per heavy atom. The van der Waals surface area contributed by atoms with E-state index < -0.39 is 0 Å². The van der Waals surface area contributed by atoms with Gasteiger partial charge in [-0.05, 0) is 26.8 Å². The Labute approximate surface area is 89.5 Å². The Balaban J connectivity index is 2.50. The monoisotopic (exact) mass is 214 g/mol. The molecule has 1 aromatic rings. The maximum absolute atomic E-state index is 5.04. The molecule has 0 saturated carbocycles. The van der Waals surface area contributed by atoms with E-state index in [4.69, 9.17) is 4.74 Å². The van der Waals surface area contributed by atoms with Crippen LogP contribution in [-0.2, 0) is 4.74 Å². The molecule has 4 heteroatoms. The van der Waals surface area contributed by atoms with Crippen LogP contribution in [0.25, 0.3) is 0 Å². The molecular weight excluding hydrogens is 196 g/mol. The summed E-state index contributed by atoms with van der Waals surface area (Å²) >= 11 is 1.73. The molecule has 0 saturated heterocycles. The van der Waals surface area contributed by atoms with E-state index in [-0.39, 0.29) is 0 Å². The van der Waals surface area contributed by atoms with Gasteiger partial charge in [0.15, 0.2) is 0 Å². The Kier molecular flexibility index (Phi) is 5.07. The molecule has 1 rings (SSSR count). The minimum absolute atomic E-state index is 0.428. The molecular formula is C10H18N2OS. The van der Waals surface area contributed by atoms with Gasteiger partial charge in [0.1, 0.15) is 0 Å². The van der Waals surface area contributed by atoms with Gasteiger partial charge in [-0.3, -0.25) is 0 Å². The summed E-state index contributed by atoms with van der Waals surface area (Å²) in [7, 11) is 3.74. The fourth-order valence-electron chi connectivity index (χ4n) is 1.48. The topological polar surface area (TPSA) is 34.1 Å². The van der Waals surface area contributed by atoms with Crippen molar-refractivity contribution in [2.45, 2.75) is 25.8 Å². The van der Waals surface area contributed by atoms with Crippen LogP contribution in [-0.4, -0.2) is 25.7 Å². The summed E-state index contributed by atoms with van der Waals surface area (Å²) < 4.78 is 5.04. The summed E-state index contributed by atoms with van der Waals surface area (Å²) in [6.07, 6.45) is 2.19. The fraction of sp³-hybridized carbons (Fsp3) is 0.700. The van der Waals surface area contributed by atoms with Crippen LogP contribution >= 0.6 is 11.3 Å². The normalized spacial score (nSPS) is 13.1. The van der Waals surface area contributed by atoms with E-state index in [1.54, 1.807) is 18.4 Å². The lowest BCUT2D eigenvalue weighted by atomic mass is 10.1. The first kappa shape index (κ1) is 11.6. The van der Waals surface area contributed by atoms with Crippen molar-refractivity contribution in [3.8, 4) is 0 Å². The third-order valence-corrected chi connectivity index (χ3v) is 3.33. The van der Waals surface area contributed by atoms with Gasteiger partial charge in [-0.2, -0.15) is 0 Å². The van der Waals surface area contributed by atoms with Crippen molar-refractivity contribution in [2.75, 3.05) is 20.8 Å². The molecule has 1 N–H and O–H groups in total. The Morgan fingerprint density at radius 3 is 2.93 bits per heavy atom. The van der Waals surface area contributed by atoms with Gasteiger partial charge in [0, 0.05) is 24.6 Å². The van der Waals surface area contributed by atoms with Gasteiger partial charge in [-0.1, -0.05) is 0 Å². The van der Waals surface area contributed by atoms with Gasteiger partial charge in [0.2, 0.25) is 0 Å². The molecule has 1 atom stereocenters. The lowest BCUT2D eigenvalue weighted by molar-refractivity contribution is 0.189. The number of ether oxygens (including phenoxy) is 1.